The number of fused-ring (bicyclic) bond motifs is 6. The molecule has 4 fully saturated rings. The van der Waals surface area contributed by atoms with Gasteiger partial charge in [-0.15, -0.1) is 23.5 Å². The van der Waals surface area contributed by atoms with E-state index in [-0.39, 0.29) is 21.2 Å². The van der Waals surface area contributed by atoms with Crippen molar-refractivity contribution in [2.45, 2.75) is 75.1 Å². The van der Waals surface area contributed by atoms with Crippen molar-refractivity contribution in [3.63, 3.8) is 0 Å². The molecule has 1 spiro atoms. The standard InChI is InChI=1S/C18H28O2S2/c1-15(2)5-7-17(12-19)13(11-15)14-18(21-9-4-10-22-18)8-6-16(17,3)20-14/h12-14H,4-11H2,1-3H3/t13-,14+,16+,17+/m1/s1. The molecule has 4 heteroatoms. The lowest BCUT2D eigenvalue weighted by Gasteiger charge is -2.47. The fraction of sp³-hybridized carbons (Fsp3) is 0.944. The number of thioether (sulfide) groups is 2. The van der Waals surface area contributed by atoms with Crippen LogP contribution < -0.4 is 0 Å². The number of ether oxygens (including phenoxy) is 1. The highest BCUT2D eigenvalue weighted by molar-refractivity contribution is 8.18. The van der Waals surface area contributed by atoms with Crippen molar-refractivity contribution in [2.75, 3.05) is 11.5 Å². The molecule has 0 unspecified atom stereocenters. The first kappa shape index (κ1) is 15.8. The second-order valence-corrected chi connectivity index (χ2v) is 11.9. The summed E-state index contributed by atoms with van der Waals surface area (Å²) in [6.45, 7) is 6.98. The van der Waals surface area contributed by atoms with Crippen LogP contribution in [0.1, 0.15) is 59.3 Å². The Hall–Kier alpha value is 0.330. The zero-order chi connectivity index (χ0) is 15.6. The van der Waals surface area contributed by atoms with E-state index in [1.54, 1.807) is 0 Å². The fourth-order valence-corrected chi connectivity index (χ4v) is 9.06. The van der Waals surface area contributed by atoms with Crippen molar-refractivity contribution in [1.29, 1.82) is 0 Å². The minimum absolute atomic E-state index is 0.218. The molecule has 0 aromatic rings. The largest absolute Gasteiger partial charge is 0.368 e. The van der Waals surface area contributed by atoms with Gasteiger partial charge in [-0.2, -0.15) is 0 Å². The molecular weight excluding hydrogens is 312 g/mol. The van der Waals surface area contributed by atoms with Crippen molar-refractivity contribution < 1.29 is 9.53 Å². The summed E-state index contributed by atoms with van der Waals surface area (Å²) < 4.78 is 6.96. The smallest absolute Gasteiger partial charge is 0.129 e. The van der Waals surface area contributed by atoms with Gasteiger partial charge in [-0.1, -0.05) is 13.8 Å². The molecule has 124 valence electrons. The third-order valence-electron chi connectivity index (χ3n) is 6.96. The molecule has 2 nitrogen and oxygen atoms in total. The Morgan fingerprint density at radius 3 is 2.45 bits per heavy atom. The third-order valence-corrected chi connectivity index (χ3v) is 10.5. The van der Waals surface area contributed by atoms with Crippen LogP contribution in [0.5, 0.6) is 0 Å². The van der Waals surface area contributed by atoms with Gasteiger partial charge in [-0.3, -0.25) is 0 Å². The molecule has 3 aliphatic heterocycles. The van der Waals surface area contributed by atoms with Crippen LogP contribution in [0.2, 0.25) is 0 Å². The van der Waals surface area contributed by atoms with E-state index in [4.69, 9.17) is 4.74 Å². The van der Waals surface area contributed by atoms with Crippen molar-refractivity contribution in [2.24, 2.45) is 16.7 Å². The second-order valence-electron chi connectivity index (χ2n) is 8.76. The molecule has 0 N–H and O–H groups in total. The van der Waals surface area contributed by atoms with E-state index in [1.165, 1.54) is 30.6 Å². The van der Waals surface area contributed by atoms with Crippen LogP contribution >= 0.6 is 23.5 Å². The third kappa shape index (κ3) is 1.96. The summed E-state index contributed by atoms with van der Waals surface area (Å²) in [5.41, 5.74) is -0.0980. The average molecular weight is 341 g/mol. The number of carbonyl (C=O) groups excluding carboxylic acids is 1. The Morgan fingerprint density at radius 1 is 1.05 bits per heavy atom. The summed E-state index contributed by atoms with van der Waals surface area (Å²) in [5, 5.41) is 0. The summed E-state index contributed by atoms with van der Waals surface area (Å²) in [4.78, 5) is 12.3. The summed E-state index contributed by atoms with van der Waals surface area (Å²) in [6.07, 6.45) is 8.49. The normalized spacial score (nSPS) is 48.9. The SMILES string of the molecule is CC1(C)CC[C@]2(C=O)[C@H](C1)[C@@H]1O[C@@]2(C)CCC12SCCCS2. The Labute approximate surface area is 142 Å². The molecule has 4 rings (SSSR count). The van der Waals surface area contributed by atoms with Gasteiger partial charge in [0.2, 0.25) is 0 Å². The van der Waals surface area contributed by atoms with Gasteiger partial charge in [-0.05, 0) is 62.4 Å². The van der Waals surface area contributed by atoms with E-state index in [0.717, 1.165) is 25.7 Å². The minimum atomic E-state index is -0.227. The van der Waals surface area contributed by atoms with Crippen molar-refractivity contribution in [3.05, 3.63) is 0 Å². The Bertz CT molecular complexity index is 485. The molecule has 3 saturated heterocycles. The molecule has 3 heterocycles. The zero-order valence-electron chi connectivity index (χ0n) is 14.0. The van der Waals surface area contributed by atoms with Crippen molar-refractivity contribution in [3.8, 4) is 0 Å². The molecule has 1 aliphatic carbocycles. The monoisotopic (exact) mass is 340 g/mol. The van der Waals surface area contributed by atoms with Gasteiger partial charge in [0.05, 0.1) is 21.2 Å². The lowest BCUT2D eigenvalue weighted by molar-refractivity contribution is -0.139. The van der Waals surface area contributed by atoms with Gasteiger partial charge in [0.1, 0.15) is 6.29 Å². The van der Waals surface area contributed by atoms with Crippen LogP contribution in [0.4, 0.5) is 0 Å². The van der Waals surface area contributed by atoms with Crippen LogP contribution in [0.25, 0.3) is 0 Å². The maximum Gasteiger partial charge on any atom is 0.129 e. The van der Waals surface area contributed by atoms with Crippen molar-refractivity contribution in [1.82, 2.24) is 0 Å². The quantitative estimate of drug-likeness (QED) is 0.656. The molecule has 4 atom stereocenters. The van der Waals surface area contributed by atoms with E-state index in [1.807, 2.05) is 0 Å². The lowest BCUT2D eigenvalue weighted by Crippen LogP contribution is -2.50. The van der Waals surface area contributed by atoms with Crippen LogP contribution in [-0.2, 0) is 9.53 Å². The molecule has 22 heavy (non-hydrogen) atoms. The van der Waals surface area contributed by atoms with E-state index >= 15 is 0 Å². The predicted octanol–water partition coefficient (Wildman–Crippen LogP) is 4.52. The molecule has 2 bridgehead atoms. The maximum atomic E-state index is 12.3. The van der Waals surface area contributed by atoms with Gasteiger partial charge in [0.25, 0.3) is 0 Å². The van der Waals surface area contributed by atoms with Gasteiger partial charge in [0.15, 0.2) is 0 Å². The predicted molar refractivity (Wildman–Crippen MR) is 94.4 cm³/mol. The first-order valence-corrected chi connectivity index (χ1v) is 10.8. The first-order chi connectivity index (χ1) is 10.4. The molecule has 4 aliphatic rings. The van der Waals surface area contributed by atoms with E-state index in [0.29, 0.717) is 11.3 Å². The van der Waals surface area contributed by atoms with Gasteiger partial charge in [0, 0.05) is 5.92 Å². The summed E-state index contributed by atoms with van der Waals surface area (Å²) in [5.74, 6) is 2.93. The van der Waals surface area contributed by atoms with Crippen LogP contribution in [0.15, 0.2) is 0 Å². The van der Waals surface area contributed by atoms with Crippen LogP contribution in [0, 0.1) is 16.7 Å². The molecule has 0 aromatic heterocycles. The highest BCUT2D eigenvalue weighted by Gasteiger charge is 2.71. The van der Waals surface area contributed by atoms with Gasteiger partial charge in [-0.25, -0.2) is 0 Å². The second kappa shape index (κ2) is 4.92. The number of aldehydes is 1. The average Bonchev–Trinajstić information content (AvgIpc) is 2.72. The van der Waals surface area contributed by atoms with E-state index in [2.05, 4.69) is 44.3 Å². The lowest BCUT2D eigenvalue weighted by atomic mass is 9.54. The van der Waals surface area contributed by atoms with E-state index < -0.39 is 0 Å². The molecule has 0 radical (unpaired) electrons. The highest BCUT2D eigenvalue weighted by Crippen LogP contribution is 2.70. The van der Waals surface area contributed by atoms with Gasteiger partial charge >= 0.3 is 0 Å². The van der Waals surface area contributed by atoms with Crippen LogP contribution in [0.3, 0.4) is 0 Å². The van der Waals surface area contributed by atoms with E-state index in [9.17, 15) is 4.79 Å². The molecule has 1 saturated carbocycles. The number of rotatable bonds is 1. The summed E-state index contributed by atoms with van der Waals surface area (Å²) in [6, 6.07) is 0. The van der Waals surface area contributed by atoms with Crippen molar-refractivity contribution >= 4 is 29.8 Å². The van der Waals surface area contributed by atoms with Crippen LogP contribution in [-0.4, -0.2) is 33.6 Å². The van der Waals surface area contributed by atoms with Gasteiger partial charge < -0.3 is 9.53 Å². The minimum Gasteiger partial charge on any atom is -0.368 e. The molecule has 0 amide bonds. The molecule has 0 aromatic carbocycles. The number of hydrogen-bond acceptors (Lipinski definition) is 4. The number of carbonyl (C=O) groups is 1. The highest BCUT2D eigenvalue weighted by atomic mass is 32.2. The maximum absolute atomic E-state index is 12.3. The Balaban J connectivity index is 1.77. The molecular formula is C18H28O2S2. The zero-order valence-corrected chi connectivity index (χ0v) is 15.7. The first-order valence-electron chi connectivity index (χ1n) is 8.79. The summed E-state index contributed by atoms with van der Waals surface area (Å²) in [7, 11) is 0. The Kier molecular flexibility index (Phi) is 3.54. The summed E-state index contributed by atoms with van der Waals surface area (Å²) >= 11 is 4.26. The number of hydrogen-bond donors (Lipinski definition) is 0. The Morgan fingerprint density at radius 2 is 1.77 bits per heavy atom. The topological polar surface area (TPSA) is 26.3 Å². The fourth-order valence-electron chi connectivity index (χ4n) is 5.53.